The van der Waals surface area contributed by atoms with Gasteiger partial charge in [-0.05, 0) is 32.1 Å². The van der Waals surface area contributed by atoms with Gasteiger partial charge in [0.05, 0.1) is 24.4 Å². The first-order valence-corrected chi connectivity index (χ1v) is 7.77. The highest BCUT2D eigenvalue weighted by molar-refractivity contribution is 5.84. The van der Waals surface area contributed by atoms with Crippen LogP contribution in [0.5, 0.6) is 0 Å². The lowest BCUT2D eigenvalue weighted by atomic mass is 9.79. The molecular weight excluding hydrogens is 240 g/mol. The molecule has 2 fully saturated rings. The second kappa shape index (κ2) is 6.23. The van der Waals surface area contributed by atoms with E-state index in [1.165, 1.54) is 6.42 Å². The summed E-state index contributed by atoms with van der Waals surface area (Å²) in [5.41, 5.74) is -0.0651. The van der Waals surface area contributed by atoms with Crippen LogP contribution in [-0.2, 0) is 9.53 Å². The molecule has 0 spiro atoms. The number of methoxy groups -OCH3 is 1. The van der Waals surface area contributed by atoms with E-state index in [4.69, 9.17) is 4.74 Å². The van der Waals surface area contributed by atoms with Crippen molar-refractivity contribution in [1.29, 1.82) is 0 Å². The minimum Gasteiger partial charge on any atom is -0.376 e. The molecule has 1 saturated carbocycles. The van der Waals surface area contributed by atoms with Crippen LogP contribution in [0.15, 0.2) is 0 Å². The van der Waals surface area contributed by atoms with E-state index in [0.717, 1.165) is 45.1 Å². The van der Waals surface area contributed by atoms with Gasteiger partial charge in [-0.3, -0.25) is 10.1 Å². The van der Waals surface area contributed by atoms with Gasteiger partial charge in [-0.25, -0.2) is 0 Å². The van der Waals surface area contributed by atoms with Gasteiger partial charge in [0, 0.05) is 7.11 Å². The number of nitrogens with one attached hydrogen (secondary N) is 1. The number of carbonyl (C=O) groups is 1. The minimum atomic E-state index is -0.0651. The molecule has 19 heavy (non-hydrogen) atoms. The van der Waals surface area contributed by atoms with Crippen LogP contribution < -0.4 is 5.32 Å². The predicted molar refractivity (Wildman–Crippen MR) is 75.8 cm³/mol. The van der Waals surface area contributed by atoms with Crippen molar-refractivity contribution in [3.63, 3.8) is 0 Å². The zero-order chi connectivity index (χ0) is 13.9. The molecular formula is C15H28N2O2. The Hall–Kier alpha value is -0.610. The second-order valence-corrected chi connectivity index (χ2v) is 5.99. The van der Waals surface area contributed by atoms with E-state index in [1.807, 2.05) is 4.90 Å². The minimum absolute atomic E-state index is 0.0267. The van der Waals surface area contributed by atoms with Crippen molar-refractivity contribution in [3.8, 4) is 0 Å². The first-order valence-electron chi connectivity index (χ1n) is 7.77. The van der Waals surface area contributed by atoms with Crippen molar-refractivity contribution in [3.05, 3.63) is 0 Å². The van der Waals surface area contributed by atoms with Gasteiger partial charge in [0.15, 0.2) is 0 Å². The molecule has 1 saturated heterocycles. The number of carbonyl (C=O) groups excluding carboxylic acids is 1. The highest BCUT2D eigenvalue weighted by Crippen LogP contribution is 2.37. The van der Waals surface area contributed by atoms with Crippen LogP contribution in [-0.4, -0.2) is 42.3 Å². The number of rotatable bonds is 7. The lowest BCUT2D eigenvalue weighted by Crippen LogP contribution is -2.52. The Morgan fingerprint density at radius 1 is 1.42 bits per heavy atom. The van der Waals surface area contributed by atoms with E-state index in [9.17, 15) is 4.79 Å². The topological polar surface area (TPSA) is 41.6 Å². The molecule has 1 N–H and O–H groups in total. The average Bonchev–Trinajstić information content (AvgIpc) is 2.68. The molecule has 2 rings (SSSR count). The number of unbranched alkanes of at least 4 members (excludes halogenated alkanes) is 1. The molecule has 4 nitrogen and oxygen atoms in total. The first-order chi connectivity index (χ1) is 9.15. The van der Waals surface area contributed by atoms with Gasteiger partial charge < -0.3 is 9.64 Å². The summed E-state index contributed by atoms with van der Waals surface area (Å²) < 4.78 is 5.67. The number of hydrogen-bond donors (Lipinski definition) is 1. The van der Waals surface area contributed by atoms with Crippen molar-refractivity contribution in [1.82, 2.24) is 10.2 Å². The SMILES string of the molecule is CCCCC1NC(CC)N(CC2(OC)CCC2)C1=O. The van der Waals surface area contributed by atoms with Gasteiger partial charge in [-0.2, -0.15) is 0 Å². The standard InChI is InChI=1S/C15H28N2O2/c1-4-6-8-12-14(18)17(13(5-2)16-12)11-15(19-3)9-7-10-15/h12-13,16H,4-11H2,1-3H3. The van der Waals surface area contributed by atoms with Crippen molar-refractivity contribution >= 4 is 5.91 Å². The van der Waals surface area contributed by atoms with Crippen molar-refractivity contribution in [2.45, 2.75) is 76.6 Å². The van der Waals surface area contributed by atoms with E-state index < -0.39 is 0 Å². The summed E-state index contributed by atoms with van der Waals surface area (Å²) in [4.78, 5) is 14.6. The Morgan fingerprint density at radius 3 is 2.63 bits per heavy atom. The monoisotopic (exact) mass is 268 g/mol. The summed E-state index contributed by atoms with van der Waals surface area (Å²) in [6.45, 7) is 5.07. The fourth-order valence-corrected chi connectivity index (χ4v) is 3.20. The maximum Gasteiger partial charge on any atom is 0.241 e. The van der Waals surface area contributed by atoms with Crippen LogP contribution in [0.25, 0.3) is 0 Å². The third-order valence-corrected chi connectivity index (χ3v) is 4.74. The Morgan fingerprint density at radius 2 is 2.16 bits per heavy atom. The maximum absolute atomic E-state index is 12.5. The number of hydrogen-bond acceptors (Lipinski definition) is 3. The summed E-state index contributed by atoms with van der Waals surface area (Å²) in [6.07, 6.45) is 7.78. The second-order valence-electron chi connectivity index (χ2n) is 5.99. The van der Waals surface area contributed by atoms with Crippen LogP contribution in [0.3, 0.4) is 0 Å². The summed E-state index contributed by atoms with van der Waals surface area (Å²) in [6, 6.07) is 0.0267. The molecule has 1 aliphatic heterocycles. The summed E-state index contributed by atoms with van der Waals surface area (Å²) in [5.74, 6) is 0.281. The lowest BCUT2D eigenvalue weighted by Gasteiger charge is -2.44. The molecule has 1 aliphatic carbocycles. The Bertz CT molecular complexity index is 310. The van der Waals surface area contributed by atoms with Crippen LogP contribution in [0.2, 0.25) is 0 Å². The van der Waals surface area contributed by atoms with Gasteiger partial charge in [-0.1, -0.05) is 26.7 Å². The van der Waals surface area contributed by atoms with Crippen LogP contribution in [0.4, 0.5) is 0 Å². The molecule has 0 bridgehead atoms. The van der Waals surface area contributed by atoms with Gasteiger partial charge in [-0.15, -0.1) is 0 Å². The quantitative estimate of drug-likeness (QED) is 0.770. The summed E-state index contributed by atoms with van der Waals surface area (Å²) in [5, 5.41) is 3.49. The summed E-state index contributed by atoms with van der Waals surface area (Å²) >= 11 is 0. The van der Waals surface area contributed by atoms with Crippen LogP contribution in [0, 0.1) is 0 Å². The average molecular weight is 268 g/mol. The fourth-order valence-electron chi connectivity index (χ4n) is 3.20. The molecule has 0 radical (unpaired) electrons. The predicted octanol–water partition coefficient (Wildman–Crippen LogP) is 2.28. The number of ether oxygens (including phenoxy) is 1. The van der Waals surface area contributed by atoms with Crippen LogP contribution >= 0.6 is 0 Å². The molecule has 0 aromatic heterocycles. The highest BCUT2D eigenvalue weighted by Gasteiger charge is 2.45. The fraction of sp³-hybridized carbons (Fsp3) is 0.933. The number of amides is 1. The molecule has 2 unspecified atom stereocenters. The van der Waals surface area contributed by atoms with Crippen molar-refractivity contribution < 1.29 is 9.53 Å². The molecule has 1 amide bonds. The van der Waals surface area contributed by atoms with Gasteiger partial charge in [0.1, 0.15) is 0 Å². The molecule has 0 aromatic rings. The Balaban J connectivity index is 1.99. The van der Waals surface area contributed by atoms with Crippen molar-refractivity contribution in [2.75, 3.05) is 13.7 Å². The highest BCUT2D eigenvalue weighted by atomic mass is 16.5. The first kappa shape index (κ1) is 14.8. The van der Waals surface area contributed by atoms with Gasteiger partial charge in [0.25, 0.3) is 0 Å². The molecule has 0 aromatic carbocycles. The van der Waals surface area contributed by atoms with E-state index in [1.54, 1.807) is 7.11 Å². The van der Waals surface area contributed by atoms with E-state index in [2.05, 4.69) is 19.2 Å². The normalized spacial score (nSPS) is 29.6. The maximum atomic E-state index is 12.5. The largest absolute Gasteiger partial charge is 0.376 e. The van der Waals surface area contributed by atoms with E-state index in [-0.39, 0.29) is 23.7 Å². The third-order valence-electron chi connectivity index (χ3n) is 4.74. The Kier molecular flexibility index (Phi) is 4.85. The number of nitrogens with zero attached hydrogens (tertiary/aromatic N) is 1. The zero-order valence-electron chi connectivity index (χ0n) is 12.6. The molecule has 2 aliphatic rings. The molecule has 110 valence electrons. The zero-order valence-corrected chi connectivity index (χ0v) is 12.6. The van der Waals surface area contributed by atoms with Gasteiger partial charge in [0.2, 0.25) is 5.91 Å². The smallest absolute Gasteiger partial charge is 0.241 e. The van der Waals surface area contributed by atoms with Gasteiger partial charge >= 0.3 is 0 Å². The van der Waals surface area contributed by atoms with Crippen LogP contribution in [0.1, 0.15) is 58.8 Å². The third kappa shape index (κ3) is 2.95. The lowest BCUT2D eigenvalue weighted by molar-refractivity contribution is -0.140. The molecule has 4 heteroatoms. The van der Waals surface area contributed by atoms with Crippen molar-refractivity contribution in [2.24, 2.45) is 0 Å². The molecule has 1 heterocycles. The molecule has 2 atom stereocenters. The Labute approximate surface area is 116 Å². The van der Waals surface area contributed by atoms with E-state index in [0.29, 0.717) is 0 Å². The van der Waals surface area contributed by atoms with E-state index >= 15 is 0 Å². The summed E-state index contributed by atoms with van der Waals surface area (Å²) in [7, 11) is 1.78.